The SMILES string of the molecule is CC(C)(NC(=O)/C=C/c1ccc(Cl)c(Cl)c1)C(=O)O. The van der Waals surface area contributed by atoms with Crippen molar-refractivity contribution in [2.24, 2.45) is 0 Å². The lowest BCUT2D eigenvalue weighted by molar-refractivity contribution is -0.145. The number of benzene rings is 1. The molecule has 102 valence electrons. The van der Waals surface area contributed by atoms with E-state index in [2.05, 4.69) is 5.32 Å². The number of carboxylic acids is 1. The standard InChI is InChI=1S/C13H13Cl2NO3/c1-13(2,12(18)19)16-11(17)6-4-8-3-5-9(14)10(15)7-8/h3-7H,1-2H3,(H,16,17)(H,18,19)/b6-4+. The molecule has 0 bridgehead atoms. The number of carbonyl (C=O) groups is 2. The minimum Gasteiger partial charge on any atom is -0.480 e. The van der Waals surface area contributed by atoms with Crippen molar-refractivity contribution in [3.63, 3.8) is 0 Å². The molecule has 0 radical (unpaired) electrons. The number of nitrogens with one attached hydrogen (secondary N) is 1. The zero-order valence-corrected chi connectivity index (χ0v) is 11.9. The molecule has 0 spiro atoms. The summed E-state index contributed by atoms with van der Waals surface area (Å²) in [4.78, 5) is 22.4. The second kappa shape index (κ2) is 6.08. The van der Waals surface area contributed by atoms with Crippen molar-refractivity contribution in [1.29, 1.82) is 0 Å². The third-order valence-electron chi connectivity index (χ3n) is 2.34. The van der Waals surface area contributed by atoms with Gasteiger partial charge < -0.3 is 10.4 Å². The molecular formula is C13H13Cl2NO3. The number of carbonyl (C=O) groups excluding carboxylic acids is 1. The Morgan fingerprint density at radius 1 is 1.26 bits per heavy atom. The topological polar surface area (TPSA) is 66.4 Å². The second-order valence-corrected chi connectivity index (χ2v) is 5.24. The average molecular weight is 302 g/mol. The molecule has 1 aromatic rings. The van der Waals surface area contributed by atoms with Crippen molar-refractivity contribution in [2.75, 3.05) is 0 Å². The fraction of sp³-hybridized carbons (Fsp3) is 0.231. The van der Waals surface area contributed by atoms with Gasteiger partial charge >= 0.3 is 5.97 Å². The molecule has 0 aliphatic rings. The average Bonchev–Trinajstić information content (AvgIpc) is 2.30. The van der Waals surface area contributed by atoms with Gasteiger partial charge in [0, 0.05) is 6.08 Å². The van der Waals surface area contributed by atoms with Crippen molar-refractivity contribution >= 4 is 41.2 Å². The van der Waals surface area contributed by atoms with Gasteiger partial charge in [-0.25, -0.2) is 4.79 Å². The third kappa shape index (κ3) is 4.58. The fourth-order valence-electron chi connectivity index (χ4n) is 1.19. The Bertz CT molecular complexity index is 539. The van der Waals surface area contributed by atoms with Crippen molar-refractivity contribution in [3.05, 3.63) is 39.9 Å². The summed E-state index contributed by atoms with van der Waals surface area (Å²) in [5, 5.41) is 12.0. The van der Waals surface area contributed by atoms with Crippen molar-refractivity contribution in [1.82, 2.24) is 5.32 Å². The van der Waals surface area contributed by atoms with E-state index in [4.69, 9.17) is 28.3 Å². The largest absolute Gasteiger partial charge is 0.480 e. The first-order valence-electron chi connectivity index (χ1n) is 5.41. The summed E-state index contributed by atoms with van der Waals surface area (Å²) in [5.74, 6) is -1.61. The van der Waals surface area contributed by atoms with Crippen LogP contribution in [0.1, 0.15) is 19.4 Å². The number of hydrogen-bond acceptors (Lipinski definition) is 2. The van der Waals surface area contributed by atoms with E-state index in [1.165, 1.54) is 26.0 Å². The lowest BCUT2D eigenvalue weighted by atomic mass is 10.1. The van der Waals surface area contributed by atoms with E-state index in [9.17, 15) is 9.59 Å². The van der Waals surface area contributed by atoms with E-state index in [-0.39, 0.29) is 0 Å². The van der Waals surface area contributed by atoms with Crippen LogP contribution < -0.4 is 5.32 Å². The fourth-order valence-corrected chi connectivity index (χ4v) is 1.50. The van der Waals surface area contributed by atoms with Crippen LogP contribution in [0.4, 0.5) is 0 Å². The maximum atomic E-state index is 11.6. The van der Waals surface area contributed by atoms with Gasteiger partial charge in [-0.05, 0) is 37.6 Å². The normalized spacial score (nSPS) is 11.6. The van der Waals surface area contributed by atoms with Crippen molar-refractivity contribution in [2.45, 2.75) is 19.4 Å². The zero-order chi connectivity index (χ0) is 14.6. The Morgan fingerprint density at radius 2 is 1.89 bits per heavy atom. The molecule has 6 heteroatoms. The molecular weight excluding hydrogens is 289 g/mol. The van der Waals surface area contributed by atoms with E-state index in [1.807, 2.05) is 0 Å². The van der Waals surface area contributed by atoms with E-state index < -0.39 is 17.4 Å². The Labute approximate surface area is 121 Å². The molecule has 2 N–H and O–H groups in total. The molecule has 0 unspecified atom stereocenters. The lowest BCUT2D eigenvalue weighted by Crippen LogP contribution is -2.49. The van der Waals surface area contributed by atoms with Gasteiger partial charge in [-0.3, -0.25) is 4.79 Å². The number of halogens is 2. The van der Waals surface area contributed by atoms with Crippen LogP contribution in [0.5, 0.6) is 0 Å². The first kappa shape index (κ1) is 15.5. The maximum absolute atomic E-state index is 11.6. The maximum Gasteiger partial charge on any atom is 0.328 e. The Morgan fingerprint density at radius 3 is 2.42 bits per heavy atom. The molecule has 0 atom stereocenters. The van der Waals surface area contributed by atoms with E-state index in [1.54, 1.807) is 18.2 Å². The second-order valence-electron chi connectivity index (χ2n) is 4.43. The number of aliphatic carboxylic acids is 1. The molecule has 19 heavy (non-hydrogen) atoms. The van der Waals surface area contributed by atoms with Gasteiger partial charge in [0.2, 0.25) is 5.91 Å². The first-order valence-corrected chi connectivity index (χ1v) is 6.16. The molecule has 0 fully saturated rings. The third-order valence-corrected chi connectivity index (χ3v) is 3.08. The minimum atomic E-state index is -1.32. The smallest absolute Gasteiger partial charge is 0.328 e. The highest BCUT2D eigenvalue weighted by atomic mass is 35.5. The number of amides is 1. The molecule has 4 nitrogen and oxygen atoms in total. The molecule has 0 aliphatic carbocycles. The molecule has 1 amide bonds. The van der Waals surface area contributed by atoms with E-state index in [0.29, 0.717) is 15.6 Å². The predicted molar refractivity (Wildman–Crippen MR) is 75.4 cm³/mol. The zero-order valence-electron chi connectivity index (χ0n) is 10.4. The summed E-state index contributed by atoms with van der Waals surface area (Å²) < 4.78 is 0. The molecule has 1 rings (SSSR count). The van der Waals surface area contributed by atoms with Gasteiger partial charge in [0.05, 0.1) is 10.0 Å². The van der Waals surface area contributed by atoms with Gasteiger partial charge in [0.25, 0.3) is 0 Å². The Hall–Kier alpha value is -1.52. The van der Waals surface area contributed by atoms with Crippen LogP contribution in [-0.2, 0) is 9.59 Å². The Kier molecular flexibility index (Phi) is 4.97. The van der Waals surface area contributed by atoms with E-state index >= 15 is 0 Å². The predicted octanol–water partition coefficient (Wildman–Crippen LogP) is 2.99. The van der Waals surface area contributed by atoms with Crippen LogP contribution in [-0.4, -0.2) is 22.5 Å². The quantitative estimate of drug-likeness (QED) is 0.840. The van der Waals surface area contributed by atoms with Crippen molar-refractivity contribution in [3.8, 4) is 0 Å². The van der Waals surface area contributed by atoms with E-state index in [0.717, 1.165) is 0 Å². The summed E-state index contributed by atoms with van der Waals surface area (Å²) >= 11 is 11.6. The lowest BCUT2D eigenvalue weighted by Gasteiger charge is -2.19. The summed E-state index contributed by atoms with van der Waals surface area (Å²) in [6.45, 7) is 2.81. The highest BCUT2D eigenvalue weighted by molar-refractivity contribution is 6.42. The van der Waals surface area contributed by atoms with Crippen molar-refractivity contribution < 1.29 is 14.7 Å². The monoisotopic (exact) mass is 301 g/mol. The van der Waals surface area contributed by atoms with Crippen LogP contribution in [0.2, 0.25) is 10.0 Å². The highest BCUT2D eigenvalue weighted by Gasteiger charge is 2.27. The minimum absolute atomic E-state index is 0.384. The Balaban J connectivity index is 2.74. The van der Waals surface area contributed by atoms with Crippen LogP contribution in [0.25, 0.3) is 6.08 Å². The first-order chi connectivity index (χ1) is 8.72. The van der Waals surface area contributed by atoms with Gasteiger partial charge in [0.1, 0.15) is 5.54 Å². The van der Waals surface area contributed by atoms with Gasteiger partial charge in [-0.2, -0.15) is 0 Å². The number of rotatable bonds is 4. The summed E-state index contributed by atoms with van der Waals surface area (Å²) in [7, 11) is 0. The number of hydrogen-bond donors (Lipinski definition) is 2. The van der Waals surface area contributed by atoms with Crippen LogP contribution in [0, 0.1) is 0 Å². The summed E-state index contributed by atoms with van der Waals surface area (Å²) in [6.07, 6.45) is 2.76. The van der Waals surface area contributed by atoms with Gasteiger partial charge in [0.15, 0.2) is 0 Å². The molecule has 0 saturated heterocycles. The van der Waals surface area contributed by atoms with Crippen LogP contribution in [0.15, 0.2) is 24.3 Å². The molecule has 0 saturated carbocycles. The molecule has 0 aromatic heterocycles. The molecule has 0 heterocycles. The van der Waals surface area contributed by atoms with Crippen LogP contribution in [0.3, 0.4) is 0 Å². The molecule has 1 aromatic carbocycles. The molecule has 0 aliphatic heterocycles. The highest BCUT2D eigenvalue weighted by Crippen LogP contribution is 2.23. The van der Waals surface area contributed by atoms with Crippen LogP contribution >= 0.6 is 23.2 Å². The van der Waals surface area contributed by atoms with Gasteiger partial charge in [-0.1, -0.05) is 29.3 Å². The summed E-state index contributed by atoms with van der Waals surface area (Å²) in [5.41, 5.74) is -0.628. The number of carboxylic acid groups (broad SMARTS) is 1. The summed E-state index contributed by atoms with van der Waals surface area (Å²) in [6, 6.07) is 4.92. The van der Waals surface area contributed by atoms with Gasteiger partial charge in [-0.15, -0.1) is 0 Å².